The number of nitrogens with one attached hydrogen (secondary N) is 1. The zero-order chi connectivity index (χ0) is 22.3. The lowest BCUT2D eigenvalue weighted by atomic mass is 9.80. The highest BCUT2D eigenvalue weighted by atomic mass is 35.5. The van der Waals surface area contributed by atoms with Crippen LogP contribution in [0.4, 0.5) is 0 Å². The molecule has 0 saturated heterocycles. The first-order valence-corrected chi connectivity index (χ1v) is 12.1. The van der Waals surface area contributed by atoms with Gasteiger partial charge in [0.1, 0.15) is 0 Å². The molecular formula is C23H25ClN2O4S. The predicted octanol–water partition coefficient (Wildman–Crippen LogP) is 4.15. The molecule has 0 saturated carbocycles. The molecule has 0 fully saturated rings. The van der Waals surface area contributed by atoms with Gasteiger partial charge in [0.05, 0.1) is 5.75 Å². The number of aromatic amines is 1. The molecule has 0 bridgehead atoms. The van der Waals surface area contributed by atoms with Gasteiger partial charge in [0.2, 0.25) is 0 Å². The van der Waals surface area contributed by atoms with Crippen molar-refractivity contribution in [1.82, 2.24) is 9.88 Å². The van der Waals surface area contributed by atoms with Crippen LogP contribution in [0.25, 0.3) is 10.9 Å². The third-order valence-corrected chi connectivity index (χ3v) is 6.90. The van der Waals surface area contributed by atoms with E-state index in [1.807, 2.05) is 26.2 Å². The van der Waals surface area contributed by atoms with Crippen LogP contribution in [-0.4, -0.2) is 55.0 Å². The predicted molar refractivity (Wildman–Crippen MR) is 123 cm³/mol. The number of hydrogen-bond acceptors (Lipinski definition) is 4. The van der Waals surface area contributed by atoms with Crippen LogP contribution in [-0.2, 0) is 16.5 Å². The van der Waals surface area contributed by atoms with Gasteiger partial charge in [0, 0.05) is 45.2 Å². The first-order valence-electron chi connectivity index (χ1n) is 10.2. The van der Waals surface area contributed by atoms with Crippen LogP contribution in [0.3, 0.4) is 0 Å². The van der Waals surface area contributed by atoms with E-state index in [-0.39, 0.29) is 23.4 Å². The fourth-order valence-corrected chi connectivity index (χ4v) is 5.73. The topological polar surface area (TPSA) is 90.5 Å². The average Bonchev–Trinajstić information content (AvgIpc) is 3.04. The average molecular weight is 461 g/mol. The summed E-state index contributed by atoms with van der Waals surface area (Å²) < 4.78 is 32.8. The second kappa shape index (κ2) is 8.39. The van der Waals surface area contributed by atoms with Crippen molar-refractivity contribution in [3.63, 3.8) is 0 Å². The highest BCUT2D eigenvalue weighted by molar-refractivity contribution is 7.85. The summed E-state index contributed by atoms with van der Waals surface area (Å²) in [5.41, 5.74) is 3.81. The van der Waals surface area contributed by atoms with E-state index in [0.29, 0.717) is 22.6 Å². The van der Waals surface area contributed by atoms with Crippen LogP contribution in [0.5, 0.6) is 0 Å². The smallest absolute Gasteiger partial charge is 0.265 e. The standard InChI is InChI=1S/C23H25ClN2O4S/c1-26(2)12-14-8-17(13-31(28,29)30)22-20(9-14)19-11-16(6-7-21(19)25-22)23(27)15-4-3-5-18(24)10-15/h3-7,10-11,14,17,25H,8-9,12-13H2,1-2H3,(H,28,29,30). The van der Waals surface area contributed by atoms with E-state index in [4.69, 9.17) is 11.6 Å². The molecule has 164 valence electrons. The Morgan fingerprint density at radius 2 is 1.94 bits per heavy atom. The molecule has 1 heterocycles. The zero-order valence-corrected chi connectivity index (χ0v) is 19.0. The van der Waals surface area contributed by atoms with Gasteiger partial charge in [-0.25, -0.2) is 0 Å². The summed E-state index contributed by atoms with van der Waals surface area (Å²) in [6.45, 7) is 0.815. The number of fused-ring (bicyclic) bond motifs is 3. The van der Waals surface area contributed by atoms with E-state index in [0.717, 1.165) is 35.1 Å². The van der Waals surface area contributed by atoms with E-state index >= 15 is 0 Å². The number of aromatic nitrogens is 1. The lowest BCUT2D eigenvalue weighted by molar-refractivity contribution is 0.103. The number of halogens is 1. The number of benzene rings is 2. The van der Waals surface area contributed by atoms with Crippen molar-refractivity contribution < 1.29 is 17.8 Å². The first kappa shape index (κ1) is 22.0. The van der Waals surface area contributed by atoms with Crippen LogP contribution in [0.2, 0.25) is 5.02 Å². The van der Waals surface area contributed by atoms with Crippen molar-refractivity contribution >= 4 is 38.4 Å². The van der Waals surface area contributed by atoms with Gasteiger partial charge in [0.25, 0.3) is 10.1 Å². The first-order chi connectivity index (χ1) is 14.6. The lowest BCUT2D eigenvalue weighted by Crippen LogP contribution is -2.30. The quantitative estimate of drug-likeness (QED) is 0.426. The van der Waals surface area contributed by atoms with Crippen LogP contribution in [0, 0.1) is 5.92 Å². The number of carbonyl (C=O) groups excluding carboxylic acids is 1. The minimum atomic E-state index is -4.12. The van der Waals surface area contributed by atoms with Gasteiger partial charge in [-0.3, -0.25) is 9.35 Å². The minimum Gasteiger partial charge on any atom is -0.358 e. The molecule has 31 heavy (non-hydrogen) atoms. The van der Waals surface area contributed by atoms with Crippen LogP contribution in [0.1, 0.15) is 39.5 Å². The number of rotatable bonds is 6. The maximum absolute atomic E-state index is 13.0. The van der Waals surface area contributed by atoms with Crippen LogP contribution >= 0.6 is 11.6 Å². The second-order valence-electron chi connectivity index (χ2n) is 8.63. The number of nitrogens with zero attached hydrogens (tertiary/aromatic N) is 1. The molecule has 2 N–H and O–H groups in total. The summed E-state index contributed by atoms with van der Waals surface area (Å²) in [5, 5.41) is 1.43. The molecule has 1 aliphatic carbocycles. The second-order valence-corrected chi connectivity index (χ2v) is 10.6. The molecule has 0 amide bonds. The molecule has 2 unspecified atom stereocenters. The van der Waals surface area contributed by atoms with Crippen molar-refractivity contribution in [1.29, 1.82) is 0 Å². The van der Waals surface area contributed by atoms with E-state index in [1.54, 1.807) is 30.3 Å². The summed E-state index contributed by atoms with van der Waals surface area (Å²) in [5.74, 6) is -0.497. The molecule has 0 spiro atoms. The Hall–Kier alpha value is -2.19. The molecule has 1 aliphatic rings. The highest BCUT2D eigenvalue weighted by Gasteiger charge is 2.33. The van der Waals surface area contributed by atoms with Gasteiger partial charge < -0.3 is 9.88 Å². The maximum atomic E-state index is 13.0. The highest BCUT2D eigenvalue weighted by Crippen LogP contribution is 2.40. The summed E-state index contributed by atoms with van der Waals surface area (Å²) in [6.07, 6.45) is 1.45. The molecule has 2 aromatic carbocycles. The molecule has 8 heteroatoms. The summed E-state index contributed by atoms with van der Waals surface area (Å²) in [6, 6.07) is 12.4. The fourth-order valence-electron chi connectivity index (χ4n) is 4.73. The largest absolute Gasteiger partial charge is 0.358 e. The van der Waals surface area contributed by atoms with Crippen molar-refractivity contribution in [2.75, 3.05) is 26.4 Å². The Labute approximate surface area is 187 Å². The van der Waals surface area contributed by atoms with Gasteiger partial charge >= 0.3 is 0 Å². The van der Waals surface area contributed by atoms with Crippen LogP contribution < -0.4 is 0 Å². The molecule has 4 rings (SSSR count). The molecule has 2 atom stereocenters. The maximum Gasteiger partial charge on any atom is 0.265 e. The van der Waals surface area contributed by atoms with Gasteiger partial charge in [0.15, 0.2) is 5.78 Å². The van der Waals surface area contributed by atoms with Crippen molar-refractivity contribution in [3.8, 4) is 0 Å². The van der Waals surface area contributed by atoms with Gasteiger partial charge in [-0.2, -0.15) is 8.42 Å². The van der Waals surface area contributed by atoms with Crippen LogP contribution in [0.15, 0.2) is 42.5 Å². The summed E-state index contributed by atoms with van der Waals surface area (Å²) in [4.78, 5) is 18.4. The Morgan fingerprint density at radius 1 is 1.19 bits per heavy atom. The number of hydrogen-bond donors (Lipinski definition) is 2. The van der Waals surface area contributed by atoms with Crippen molar-refractivity contribution in [2.24, 2.45) is 5.92 Å². The SMILES string of the molecule is CN(C)CC1Cc2c([nH]c3ccc(C(=O)c4cccc(Cl)c4)cc23)C(CS(=O)(=O)O)C1. The minimum absolute atomic E-state index is 0.116. The molecule has 0 aliphatic heterocycles. The Balaban J connectivity index is 1.78. The van der Waals surface area contributed by atoms with E-state index in [1.165, 1.54) is 0 Å². The van der Waals surface area contributed by atoms with Gasteiger partial charge in [-0.1, -0.05) is 23.7 Å². The van der Waals surface area contributed by atoms with Gasteiger partial charge in [-0.05, 0) is 68.8 Å². The molecule has 0 radical (unpaired) electrons. The number of H-pyrrole nitrogens is 1. The van der Waals surface area contributed by atoms with Crippen molar-refractivity contribution in [2.45, 2.75) is 18.8 Å². The number of ketones is 1. The number of carbonyl (C=O) groups is 1. The Bertz CT molecular complexity index is 1250. The Morgan fingerprint density at radius 3 is 2.61 bits per heavy atom. The zero-order valence-electron chi connectivity index (χ0n) is 17.4. The summed E-state index contributed by atoms with van der Waals surface area (Å²) in [7, 11) is -0.137. The third-order valence-electron chi connectivity index (χ3n) is 5.84. The van der Waals surface area contributed by atoms with E-state index < -0.39 is 10.1 Å². The van der Waals surface area contributed by atoms with Gasteiger partial charge in [-0.15, -0.1) is 0 Å². The molecule has 1 aromatic heterocycles. The monoisotopic (exact) mass is 460 g/mol. The van der Waals surface area contributed by atoms with E-state index in [9.17, 15) is 17.8 Å². The fraction of sp³-hybridized carbons (Fsp3) is 0.348. The summed E-state index contributed by atoms with van der Waals surface area (Å²) >= 11 is 6.04. The normalized spacial score (nSPS) is 19.0. The van der Waals surface area contributed by atoms with Crippen molar-refractivity contribution in [3.05, 3.63) is 69.9 Å². The van der Waals surface area contributed by atoms with E-state index in [2.05, 4.69) is 9.88 Å². The molecular weight excluding hydrogens is 436 g/mol. The lowest BCUT2D eigenvalue weighted by Gasteiger charge is -2.30. The molecule has 3 aromatic rings. The third kappa shape index (κ3) is 4.85. The molecule has 6 nitrogen and oxygen atoms in total. The Kier molecular flexibility index (Phi) is 5.96.